The number of aromatic amines is 2. The van der Waals surface area contributed by atoms with Crippen LogP contribution in [0.4, 0.5) is 4.39 Å². The molecule has 0 saturated heterocycles. The quantitative estimate of drug-likeness (QED) is 0.626. The minimum absolute atomic E-state index is 0.103. The highest BCUT2D eigenvalue weighted by atomic mass is 32.2. The second kappa shape index (κ2) is 6.76. The summed E-state index contributed by atoms with van der Waals surface area (Å²) in [7, 11) is 0. The van der Waals surface area contributed by atoms with Crippen molar-refractivity contribution in [1.29, 1.82) is 0 Å². The highest BCUT2D eigenvalue weighted by Crippen LogP contribution is 2.23. The number of hydrogen-bond donors (Lipinski definition) is 3. The van der Waals surface area contributed by atoms with Crippen LogP contribution in [0.15, 0.2) is 34.0 Å². The van der Waals surface area contributed by atoms with Gasteiger partial charge in [-0.2, -0.15) is 0 Å². The first-order chi connectivity index (χ1) is 11.9. The molecule has 0 saturated carbocycles. The van der Waals surface area contributed by atoms with Crippen molar-refractivity contribution in [3.8, 4) is 0 Å². The number of benzene rings is 1. The summed E-state index contributed by atoms with van der Waals surface area (Å²) in [6.45, 7) is 3.68. The fourth-order valence-corrected chi connectivity index (χ4v) is 3.59. The monoisotopic (exact) mass is 359 g/mol. The van der Waals surface area contributed by atoms with Crippen molar-refractivity contribution in [3.05, 3.63) is 63.0 Å². The average Bonchev–Trinajstić information content (AvgIpc) is 2.88. The van der Waals surface area contributed by atoms with Gasteiger partial charge in [-0.15, -0.1) is 11.8 Å². The predicted molar refractivity (Wildman–Crippen MR) is 97.7 cm³/mol. The van der Waals surface area contributed by atoms with Gasteiger partial charge in [0, 0.05) is 39.3 Å². The summed E-state index contributed by atoms with van der Waals surface area (Å²) in [5.74, 6) is -0.749. The van der Waals surface area contributed by atoms with Crippen LogP contribution in [0.2, 0.25) is 0 Å². The highest BCUT2D eigenvalue weighted by Gasteiger charge is 2.17. The highest BCUT2D eigenvalue weighted by molar-refractivity contribution is 7.98. The van der Waals surface area contributed by atoms with E-state index in [-0.39, 0.29) is 18.0 Å². The smallest absolute Gasteiger partial charge is 0.254 e. The molecule has 0 unspecified atom stereocenters. The lowest BCUT2D eigenvalue weighted by Crippen LogP contribution is -2.28. The Labute approximate surface area is 148 Å². The molecule has 3 N–H and O–H groups in total. The number of rotatable bonds is 4. The van der Waals surface area contributed by atoms with E-state index in [9.17, 15) is 14.0 Å². The molecule has 3 rings (SSSR count). The molecule has 5 nitrogen and oxygen atoms in total. The summed E-state index contributed by atoms with van der Waals surface area (Å²) in [5.41, 5.74) is 2.81. The third-order valence-electron chi connectivity index (χ3n) is 4.05. The molecule has 0 radical (unpaired) electrons. The molecule has 130 valence electrons. The Morgan fingerprint density at radius 2 is 2.00 bits per heavy atom. The molecule has 0 fully saturated rings. The summed E-state index contributed by atoms with van der Waals surface area (Å²) in [6, 6.07) is 6.15. The first-order valence-electron chi connectivity index (χ1n) is 7.73. The molecular weight excluding hydrogens is 341 g/mol. The van der Waals surface area contributed by atoms with Gasteiger partial charge in [-0.25, -0.2) is 4.39 Å². The number of aromatic nitrogens is 2. The number of amides is 1. The minimum atomic E-state index is -0.403. The second-order valence-electron chi connectivity index (χ2n) is 5.83. The van der Waals surface area contributed by atoms with Crippen molar-refractivity contribution in [1.82, 2.24) is 15.3 Å². The zero-order valence-electron chi connectivity index (χ0n) is 14.1. The maximum atomic E-state index is 13.5. The Morgan fingerprint density at radius 1 is 1.24 bits per heavy atom. The molecule has 2 heterocycles. The van der Waals surface area contributed by atoms with E-state index in [4.69, 9.17) is 0 Å². The topological polar surface area (TPSA) is 77.8 Å². The summed E-state index contributed by atoms with van der Waals surface area (Å²) >= 11 is 1.45. The minimum Gasteiger partial charge on any atom is -0.358 e. The Balaban J connectivity index is 1.91. The first kappa shape index (κ1) is 17.3. The van der Waals surface area contributed by atoms with Crippen LogP contribution >= 0.6 is 11.8 Å². The fraction of sp³-hybridized carbons (Fsp3) is 0.222. The number of fused-ring (bicyclic) bond motifs is 1. The van der Waals surface area contributed by atoms with E-state index in [0.29, 0.717) is 27.7 Å². The number of carbonyl (C=O) groups is 1. The normalized spacial score (nSPS) is 11.0. The van der Waals surface area contributed by atoms with Gasteiger partial charge in [0.1, 0.15) is 5.82 Å². The van der Waals surface area contributed by atoms with Crippen LogP contribution in [-0.4, -0.2) is 22.1 Å². The van der Waals surface area contributed by atoms with Gasteiger partial charge in [-0.05, 0) is 44.4 Å². The molecule has 0 aliphatic carbocycles. The van der Waals surface area contributed by atoms with Gasteiger partial charge in [-0.1, -0.05) is 0 Å². The summed E-state index contributed by atoms with van der Waals surface area (Å²) in [6.07, 6.45) is 1.88. The average molecular weight is 359 g/mol. The predicted octanol–water partition coefficient (Wildman–Crippen LogP) is 3.26. The van der Waals surface area contributed by atoms with Crippen molar-refractivity contribution in [2.75, 3.05) is 6.26 Å². The number of carbonyl (C=O) groups excluding carboxylic acids is 1. The van der Waals surface area contributed by atoms with Crippen LogP contribution in [0, 0.1) is 19.7 Å². The van der Waals surface area contributed by atoms with Gasteiger partial charge >= 0.3 is 0 Å². The molecule has 25 heavy (non-hydrogen) atoms. The lowest BCUT2D eigenvalue weighted by atomic mass is 10.1. The van der Waals surface area contributed by atoms with Crippen LogP contribution < -0.4 is 10.9 Å². The van der Waals surface area contributed by atoms with Gasteiger partial charge in [-0.3, -0.25) is 9.59 Å². The number of halogens is 1. The molecule has 2 aromatic heterocycles. The van der Waals surface area contributed by atoms with Crippen molar-refractivity contribution in [2.45, 2.75) is 25.3 Å². The molecule has 7 heteroatoms. The number of aryl methyl sites for hydroxylation is 2. The molecule has 3 aromatic rings. The molecule has 0 spiro atoms. The zero-order valence-corrected chi connectivity index (χ0v) is 14.9. The molecule has 0 aliphatic rings. The second-order valence-corrected chi connectivity index (χ2v) is 6.67. The lowest BCUT2D eigenvalue weighted by molar-refractivity contribution is 0.0951. The SMILES string of the molecule is CSc1cc(C)[nH]c(=O)c1CNC(=O)c1c(C)[nH]c2ccc(F)cc12. The largest absolute Gasteiger partial charge is 0.358 e. The summed E-state index contributed by atoms with van der Waals surface area (Å²) in [5, 5.41) is 3.30. The molecule has 0 atom stereocenters. The standard InChI is InChI=1S/C18H18FN3O2S/c1-9-6-15(25-3)13(17(23)21-9)8-20-18(24)16-10(2)22-14-5-4-11(19)7-12(14)16/h4-7,22H,8H2,1-3H3,(H,20,24)(H,21,23). The number of nitrogens with one attached hydrogen (secondary N) is 3. The third-order valence-corrected chi connectivity index (χ3v) is 4.85. The Hall–Kier alpha value is -2.54. The van der Waals surface area contributed by atoms with Gasteiger partial charge in [0.2, 0.25) is 0 Å². The zero-order chi connectivity index (χ0) is 18.1. The van der Waals surface area contributed by atoms with Gasteiger partial charge < -0.3 is 15.3 Å². The van der Waals surface area contributed by atoms with Crippen LogP contribution in [0.5, 0.6) is 0 Å². The summed E-state index contributed by atoms with van der Waals surface area (Å²) < 4.78 is 13.5. The van der Waals surface area contributed by atoms with Crippen LogP contribution in [-0.2, 0) is 6.54 Å². The van der Waals surface area contributed by atoms with Crippen molar-refractivity contribution >= 4 is 28.6 Å². The van der Waals surface area contributed by atoms with Gasteiger partial charge in [0.05, 0.1) is 5.56 Å². The van der Waals surface area contributed by atoms with Crippen molar-refractivity contribution in [3.63, 3.8) is 0 Å². The van der Waals surface area contributed by atoms with E-state index in [1.54, 1.807) is 13.0 Å². The third kappa shape index (κ3) is 3.32. The van der Waals surface area contributed by atoms with Gasteiger partial charge in [0.15, 0.2) is 0 Å². The Morgan fingerprint density at radius 3 is 2.72 bits per heavy atom. The van der Waals surface area contributed by atoms with E-state index in [1.807, 2.05) is 19.2 Å². The molecule has 0 bridgehead atoms. The van der Waals surface area contributed by atoms with E-state index < -0.39 is 5.82 Å². The van der Waals surface area contributed by atoms with E-state index in [1.165, 1.54) is 23.9 Å². The molecule has 0 aliphatic heterocycles. The van der Waals surface area contributed by atoms with E-state index in [0.717, 1.165) is 10.6 Å². The van der Waals surface area contributed by atoms with Crippen LogP contribution in [0.25, 0.3) is 10.9 Å². The molecule has 1 amide bonds. The maximum absolute atomic E-state index is 13.5. The van der Waals surface area contributed by atoms with Crippen LogP contribution in [0.3, 0.4) is 0 Å². The first-order valence-corrected chi connectivity index (χ1v) is 8.96. The van der Waals surface area contributed by atoms with Crippen LogP contribution in [0.1, 0.15) is 27.3 Å². The fourth-order valence-electron chi connectivity index (χ4n) is 2.88. The Kier molecular flexibility index (Phi) is 4.67. The number of H-pyrrole nitrogens is 2. The van der Waals surface area contributed by atoms with Crippen molar-refractivity contribution < 1.29 is 9.18 Å². The number of pyridine rings is 1. The van der Waals surface area contributed by atoms with E-state index in [2.05, 4.69) is 15.3 Å². The van der Waals surface area contributed by atoms with Crippen molar-refractivity contribution in [2.24, 2.45) is 0 Å². The number of thioether (sulfide) groups is 1. The van der Waals surface area contributed by atoms with E-state index >= 15 is 0 Å². The molecular formula is C18H18FN3O2S. The number of hydrogen-bond acceptors (Lipinski definition) is 3. The maximum Gasteiger partial charge on any atom is 0.254 e. The van der Waals surface area contributed by atoms with Gasteiger partial charge in [0.25, 0.3) is 11.5 Å². The summed E-state index contributed by atoms with van der Waals surface area (Å²) in [4.78, 5) is 31.4. The lowest BCUT2D eigenvalue weighted by Gasteiger charge is -2.09. The Bertz CT molecular complexity index is 1020. The molecule has 1 aromatic carbocycles.